The number of aliphatic hydroxyl groups excluding tert-OH is 2. The molecule has 240 valence electrons. The second-order valence-corrected chi connectivity index (χ2v) is 12.7. The van der Waals surface area contributed by atoms with Gasteiger partial charge in [-0.05, 0) is 58.4 Å². The molecule has 4 fully saturated rings. The van der Waals surface area contributed by atoms with Gasteiger partial charge in [0, 0.05) is 25.5 Å². The van der Waals surface area contributed by atoms with E-state index in [1.165, 1.54) is 13.0 Å². The summed E-state index contributed by atoms with van der Waals surface area (Å²) < 4.78 is 23.0. The normalized spacial score (nSPS) is 38.5. The van der Waals surface area contributed by atoms with Gasteiger partial charge in [0.1, 0.15) is 23.9 Å². The zero-order chi connectivity index (χ0) is 31.3. The maximum Gasteiger partial charge on any atom is 0.303 e. The number of allylic oxidation sites excluding steroid dienone is 2. The van der Waals surface area contributed by atoms with E-state index in [9.17, 15) is 24.6 Å². The molecule has 9 atom stereocenters. The Kier molecular flexibility index (Phi) is 11.2. The number of esters is 1. The Morgan fingerprint density at radius 2 is 1.79 bits per heavy atom. The summed E-state index contributed by atoms with van der Waals surface area (Å²) in [6, 6.07) is -0.115. The van der Waals surface area contributed by atoms with Gasteiger partial charge in [-0.25, -0.2) is 0 Å². The number of carbonyl (C=O) groups excluding carboxylic acids is 3. The number of hydrogen-bond acceptors (Lipinski definition) is 9. The van der Waals surface area contributed by atoms with Gasteiger partial charge in [-0.3, -0.25) is 14.4 Å². The van der Waals surface area contributed by atoms with Gasteiger partial charge in [-0.1, -0.05) is 30.7 Å². The summed E-state index contributed by atoms with van der Waals surface area (Å²) in [5.74, 6) is -0.554. The number of nitrogens with one attached hydrogen (secondary N) is 2. The van der Waals surface area contributed by atoms with Gasteiger partial charge in [0.15, 0.2) is 0 Å². The lowest BCUT2D eigenvalue weighted by Crippen LogP contribution is -2.52. The van der Waals surface area contributed by atoms with E-state index in [4.69, 9.17) is 18.9 Å². The smallest absolute Gasteiger partial charge is 0.303 e. The molecule has 0 bridgehead atoms. The number of amides is 2. The molecule has 0 aromatic rings. The molecule has 0 aromatic carbocycles. The largest absolute Gasteiger partial charge is 0.459 e. The summed E-state index contributed by atoms with van der Waals surface area (Å²) in [6.45, 7) is 9.51. The predicted octanol–water partition coefficient (Wildman–Crippen LogP) is 2.00. The van der Waals surface area contributed by atoms with Crippen molar-refractivity contribution < 1.29 is 43.5 Å². The fraction of sp³-hybridized carbons (Fsp3) is 0.719. The topological polar surface area (TPSA) is 156 Å². The zero-order valence-corrected chi connectivity index (χ0v) is 25.9. The van der Waals surface area contributed by atoms with Crippen molar-refractivity contribution >= 4 is 17.8 Å². The molecule has 11 nitrogen and oxygen atoms in total. The third-order valence-electron chi connectivity index (χ3n) is 8.82. The minimum Gasteiger partial charge on any atom is -0.459 e. The van der Waals surface area contributed by atoms with Crippen LogP contribution in [0.2, 0.25) is 0 Å². The van der Waals surface area contributed by atoms with Crippen LogP contribution in [-0.4, -0.2) is 95.0 Å². The van der Waals surface area contributed by atoms with Crippen molar-refractivity contribution in [1.82, 2.24) is 10.6 Å². The standard InChI is InChI=1S/C32H48N2O9/c1-18(6-9-27-19(2)12-26(21(4)42-27)34-29(37)11-8-20(3)41-22(5)35)7-10-28-31(39)32(17-40-32)16-25(43-28)15-30(38)33-23-13-24(36)14-23/h6-8,10-11,19-21,23-28,31,36,39H,9,12-17H2,1-5H3,(H,33,38)(H,34,37)/b10-7+,11-8-,18-6+/t19-,20-,21+,23-,24-,25+,26+,27-,28+,31+,32+/m0/s1. The van der Waals surface area contributed by atoms with Gasteiger partial charge in [0.05, 0.1) is 43.5 Å². The molecule has 4 aliphatic rings. The molecule has 0 radical (unpaired) electrons. The molecule has 4 rings (SSSR count). The van der Waals surface area contributed by atoms with Gasteiger partial charge in [0.2, 0.25) is 11.8 Å². The van der Waals surface area contributed by atoms with E-state index < -0.39 is 29.9 Å². The number of carbonyl (C=O) groups is 3. The predicted molar refractivity (Wildman–Crippen MR) is 158 cm³/mol. The van der Waals surface area contributed by atoms with Crippen molar-refractivity contribution in [1.29, 1.82) is 0 Å². The van der Waals surface area contributed by atoms with Crippen LogP contribution in [0, 0.1) is 5.92 Å². The van der Waals surface area contributed by atoms with Gasteiger partial charge in [-0.2, -0.15) is 0 Å². The Morgan fingerprint density at radius 3 is 2.44 bits per heavy atom. The van der Waals surface area contributed by atoms with Crippen LogP contribution in [0.5, 0.6) is 0 Å². The van der Waals surface area contributed by atoms with Gasteiger partial charge in [-0.15, -0.1) is 0 Å². The monoisotopic (exact) mass is 604 g/mol. The number of aliphatic hydroxyl groups is 2. The van der Waals surface area contributed by atoms with Crippen LogP contribution in [0.3, 0.4) is 0 Å². The first-order chi connectivity index (χ1) is 20.3. The van der Waals surface area contributed by atoms with E-state index in [1.54, 1.807) is 13.0 Å². The molecule has 0 aromatic heterocycles. The number of ether oxygens (including phenoxy) is 4. The van der Waals surface area contributed by atoms with Crippen molar-refractivity contribution in [3.63, 3.8) is 0 Å². The van der Waals surface area contributed by atoms with Crippen LogP contribution in [0.25, 0.3) is 0 Å². The summed E-state index contributed by atoms with van der Waals surface area (Å²) in [5, 5.41) is 26.3. The first-order valence-electron chi connectivity index (χ1n) is 15.4. The fourth-order valence-corrected chi connectivity index (χ4v) is 6.09. The third kappa shape index (κ3) is 9.46. The van der Waals surface area contributed by atoms with Crippen molar-refractivity contribution in [3.05, 3.63) is 36.0 Å². The molecule has 3 heterocycles. The van der Waals surface area contributed by atoms with Crippen molar-refractivity contribution in [2.45, 2.75) is 134 Å². The Labute approximate surface area is 254 Å². The van der Waals surface area contributed by atoms with E-state index in [-0.39, 0.29) is 60.7 Å². The van der Waals surface area contributed by atoms with Crippen molar-refractivity contribution in [3.8, 4) is 0 Å². The summed E-state index contributed by atoms with van der Waals surface area (Å²) in [7, 11) is 0. The first kappa shape index (κ1) is 33.3. The lowest BCUT2D eigenvalue weighted by Gasteiger charge is -2.39. The van der Waals surface area contributed by atoms with Gasteiger partial charge in [0.25, 0.3) is 0 Å². The summed E-state index contributed by atoms with van der Waals surface area (Å²) >= 11 is 0. The minimum atomic E-state index is -0.813. The Balaban J connectivity index is 1.24. The Morgan fingerprint density at radius 1 is 1.07 bits per heavy atom. The summed E-state index contributed by atoms with van der Waals surface area (Å²) in [5.41, 5.74) is 0.336. The highest BCUT2D eigenvalue weighted by atomic mass is 16.6. The van der Waals surface area contributed by atoms with E-state index >= 15 is 0 Å². The van der Waals surface area contributed by atoms with Crippen LogP contribution in [0.15, 0.2) is 36.0 Å². The van der Waals surface area contributed by atoms with Crippen LogP contribution < -0.4 is 10.6 Å². The van der Waals surface area contributed by atoms with Crippen molar-refractivity contribution in [2.75, 3.05) is 6.61 Å². The molecule has 3 saturated heterocycles. The lowest BCUT2D eigenvalue weighted by molar-refractivity contribution is -0.146. The van der Waals surface area contributed by atoms with Gasteiger partial charge < -0.3 is 39.8 Å². The fourth-order valence-electron chi connectivity index (χ4n) is 6.09. The quantitative estimate of drug-likeness (QED) is 0.120. The molecule has 2 amide bonds. The van der Waals surface area contributed by atoms with Crippen LogP contribution >= 0.6 is 0 Å². The summed E-state index contributed by atoms with van der Waals surface area (Å²) in [6.07, 6.45) is 9.31. The molecular weight excluding hydrogens is 556 g/mol. The average Bonchev–Trinajstić information content (AvgIpc) is 3.68. The first-order valence-corrected chi connectivity index (χ1v) is 15.4. The Bertz CT molecular complexity index is 1090. The second kappa shape index (κ2) is 14.5. The average molecular weight is 605 g/mol. The van der Waals surface area contributed by atoms with Crippen LogP contribution in [0.1, 0.15) is 73.1 Å². The molecule has 4 N–H and O–H groups in total. The minimum absolute atomic E-state index is 0.00893. The molecule has 11 heteroatoms. The van der Waals surface area contributed by atoms with E-state index in [2.05, 4.69) is 23.6 Å². The molecule has 3 aliphatic heterocycles. The van der Waals surface area contributed by atoms with Crippen molar-refractivity contribution in [2.24, 2.45) is 5.92 Å². The third-order valence-corrected chi connectivity index (χ3v) is 8.82. The molecule has 0 unspecified atom stereocenters. The lowest BCUT2D eigenvalue weighted by atomic mass is 9.86. The molecular formula is C32H48N2O9. The van der Waals surface area contributed by atoms with Crippen LogP contribution in [-0.2, 0) is 33.3 Å². The maximum absolute atomic E-state index is 12.5. The van der Waals surface area contributed by atoms with E-state index in [0.717, 1.165) is 12.0 Å². The van der Waals surface area contributed by atoms with E-state index in [0.29, 0.717) is 32.3 Å². The number of rotatable bonds is 11. The molecule has 1 spiro atoms. The van der Waals surface area contributed by atoms with E-state index in [1.807, 2.05) is 26.0 Å². The number of hydrogen-bond donors (Lipinski definition) is 4. The molecule has 1 aliphatic carbocycles. The SMILES string of the molecule is CC(=O)O[C@@H](C)/C=C\C(=O)N[C@@H]1C[C@H](C)[C@H](C/C=C(C)/C=C/[C@H]2O[C@H](CC(=O)N[C@H]3C[C@H](O)C3)C[C@@]3(CO3)[C@@H]2O)O[C@@H]1C. The maximum atomic E-state index is 12.5. The number of epoxide rings is 1. The summed E-state index contributed by atoms with van der Waals surface area (Å²) in [4.78, 5) is 35.9. The molecule has 43 heavy (non-hydrogen) atoms. The highest BCUT2D eigenvalue weighted by Crippen LogP contribution is 2.43. The van der Waals surface area contributed by atoms with Gasteiger partial charge >= 0.3 is 5.97 Å². The zero-order valence-electron chi connectivity index (χ0n) is 25.9. The highest BCUT2D eigenvalue weighted by Gasteiger charge is 2.58. The highest BCUT2D eigenvalue weighted by molar-refractivity contribution is 5.87. The Hall–Kier alpha value is -2.57. The molecule has 1 saturated carbocycles. The second-order valence-electron chi connectivity index (χ2n) is 12.7. The van der Waals surface area contributed by atoms with Crippen LogP contribution in [0.4, 0.5) is 0 Å².